The van der Waals surface area contributed by atoms with Crippen molar-refractivity contribution in [3.8, 4) is 0 Å². The van der Waals surface area contributed by atoms with E-state index in [-0.39, 0.29) is 0 Å². The minimum absolute atomic E-state index is 0.573. The van der Waals surface area contributed by atoms with Gasteiger partial charge in [0, 0.05) is 30.1 Å². The van der Waals surface area contributed by atoms with E-state index in [1.165, 1.54) is 23.8 Å². The Hall–Kier alpha value is -1.32. The van der Waals surface area contributed by atoms with Crippen molar-refractivity contribution < 1.29 is 9.15 Å². The Morgan fingerprint density at radius 1 is 1.29 bits per heavy atom. The van der Waals surface area contributed by atoms with Crippen LogP contribution in [0, 0.1) is 5.92 Å². The van der Waals surface area contributed by atoms with E-state index in [4.69, 9.17) is 9.15 Å². The van der Waals surface area contributed by atoms with Crippen molar-refractivity contribution in [2.24, 2.45) is 5.92 Å². The SMILES string of the molecule is CC(C)CCOCc1oc2ccccc2c1CNC1CC1. The van der Waals surface area contributed by atoms with Gasteiger partial charge in [0.25, 0.3) is 0 Å². The fourth-order valence-corrected chi connectivity index (χ4v) is 2.48. The molecule has 1 N–H and O–H groups in total. The van der Waals surface area contributed by atoms with Crippen LogP contribution in [0.3, 0.4) is 0 Å². The Labute approximate surface area is 126 Å². The smallest absolute Gasteiger partial charge is 0.135 e. The van der Waals surface area contributed by atoms with Gasteiger partial charge in [-0.05, 0) is 31.2 Å². The number of hydrogen-bond donors (Lipinski definition) is 1. The van der Waals surface area contributed by atoms with Gasteiger partial charge in [-0.1, -0.05) is 32.0 Å². The third-order valence-electron chi connectivity index (χ3n) is 4.00. The van der Waals surface area contributed by atoms with Gasteiger partial charge in [0.1, 0.15) is 18.0 Å². The summed E-state index contributed by atoms with van der Waals surface area (Å²) >= 11 is 0. The van der Waals surface area contributed by atoms with Crippen LogP contribution in [-0.2, 0) is 17.9 Å². The highest BCUT2D eigenvalue weighted by atomic mass is 16.5. The van der Waals surface area contributed by atoms with Crippen molar-refractivity contribution in [3.63, 3.8) is 0 Å². The minimum atomic E-state index is 0.573. The Morgan fingerprint density at radius 2 is 2.10 bits per heavy atom. The summed E-state index contributed by atoms with van der Waals surface area (Å²) in [5, 5.41) is 4.80. The zero-order valence-corrected chi connectivity index (χ0v) is 13.0. The standard InChI is InChI=1S/C18H25NO2/c1-13(2)9-10-20-12-18-16(11-19-14-7-8-14)15-5-3-4-6-17(15)21-18/h3-6,13-14,19H,7-12H2,1-2H3. The molecule has 1 aliphatic rings. The molecular formula is C18H25NO2. The van der Waals surface area contributed by atoms with E-state index in [0.29, 0.717) is 18.6 Å². The maximum absolute atomic E-state index is 5.99. The van der Waals surface area contributed by atoms with Gasteiger partial charge in [0.2, 0.25) is 0 Å². The van der Waals surface area contributed by atoms with Gasteiger partial charge in [-0.2, -0.15) is 0 Å². The molecule has 1 heterocycles. The highest BCUT2D eigenvalue weighted by Crippen LogP contribution is 2.28. The number of ether oxygens (including phenoxy) is 1. The fourth-order valence-electron chi connectivity index (χ4n) is 2.48. The highest BCUT2D eigenvalue weighted by molar-refractivity contribution is 5.82. The molecule has 1 aromatic heterocycles. The average Bonchev–Trinajstić information content (AvgIpc) is 3.23. The summed E-state index contributed by atoms with van der Waals surface area (Å²) in [6.45, 7) is 6.68. The van der Waals surface area contributed by atoms with Crippen molar-refractivity contribution >= 4 is 11.0 Å². The van der Waals surface area contributed by atoms with Crippen LogP contribution in [0.2, 0.25) is 0 Å². The van der Waals surface area contributed by atoms with Gasteiger partial charge < -0.3 is 14.5 Å². The number of para-hydroxylation sites is 1. The van der Waals surface area contributed by atoms with Crippen LogP contribution < -0.4 is 5.32 Å². The number of nitrogens with one attached hydrogen (secondary N) is 1. The second-order valence-electron chi connectivity index (χ2n) is 6.39. The number of furan rings is 1. The average molecular weight is 287 g/mol. The lowest BCUT2D eigenvalue weighted by atomic mass is 10.1. The molecule has 0 unspecified atom stereocenters. The van der Waals surface area contributed by atoms with E-state index in [1.807, 2.05) is 12.1 Å². The molecule has 1 aliphatic carbocycles. The van der Waals surface area contributed by atoms with Crippen molar-refractivity contribution in [1.29, 1.82) is 0 Å². The molecule has 0 atom stereocenters. The molecule has 0 bridgehead atoms. The molecule has 0 saturated heterocycles. The fraction of sp³-hybridized carbons (Fsp3) is 0.556. The molecule has 1 aromatic carbocycles. The number of benzene rings is 1. The van der Waals surface area contributed by atoms with Crippen LogP contribution in [0.4, 0.5) is 0 Å². The quantitative estimate of drug-likeness (QED) is 0.737. The Bertz CT molecular complexity index is 584. The molecule has 21 heavy (non-hydrogen) atoms. The minimum Gasteiger partial charge on any atom is -0.458 e. The van der Waals surface area contributed by atoms with Gasteiger partial charge in [0.05, 0.1) is 0 Å². The largest absolute Gasteiger partial charge is 0.458 e. The molecule has 0 amide bonds. The lowest BCUT2D eigenvalue weighted by Crippen LogP contribution is -2.16. The Morgan fingerprint density at radius 3 is 2.86 bits per heavy atom. The molecule has 0 aliphatic heterocycles. The third kappa shape index (κ3) is 3.86. The van der Waals surface area contributed by atoms with Crippen LogP contribution in [0.1, 0.15) is 44.4 Å². The molecule has 1 saturated carbocycles. The summed E-state index contributed by atoms with van der Waals surface area (Å²) in [4.78, 5) is 0. The topological polar surface area (TPSA) is 34.4 Å². The van der Waals surface area contributed by atoms with Crippen molar-refractivity contribution in [2.75, 3.05) is 6.61 Å². The zero-order valence-electron chi connectivity index (χ0n) is 13.0. The van der Waals surface area contributed by atoms with E-state index in [1.54, 1.807) is 0 Å². The van der Waals surface area contributed by atoms with Crippen molar-refractivity contribution in [2.45, 2.75) is 52.3 Å². The predicted molar refractivity (Wildman–Crippen MR) is 85.2 cm³/mol. The second kappa shape index (κ2) is 6.63. The van der Waals surface area contributed by atoms with E-state index in [0.717, 1.165) is 30.9 Å². The van der Waals surface area contributed by atoms with Gasteiger partial charge in [-0.25, -0.2) is 0 Å². The molecule has 2 aromatic rings. The van der Waals surface area contributed by atoms with Crippen LogP contribution in [0.5, 0.6) is 0 Å². The van der Waals surface area contributed by atoms with E-state index < -0.39 is 0 Å². The monoisotopic (exact) mass is 287 g/mol. The summed E-state index contributed by atoms with van der Waals surface area (Å²) in [7, 11) is 0. The van der Waals surface area contributed by atoms with E-state index in [2.05, 4.69) is 31.3 Å². The van der Waals surface area contributed by atoms with Gasteiger partial charge in [0.15, 0.2) is 0 Å². The number of fused-ring (bicyclic) bond motifs is 1. The van der Waals surface area contributed by atoms with Crippen molar-refractivity contribution in [3.05, 3.63) is 35.6 Å². The van der Waals surface area contributed by atoms with E-state index in [9.17, 15) is 0 Å². The lowest BCUT2D eigenvalue weighted by molar-refractivity contribution is 0.0973. The lowest BCUT2D eigenvalue weighted by Gasteiger charge is -2.07. The second-order valence-corrected chi connectivity index (χ2v) is 6.39. The Balaban J connectivity index is 1.70. The van der Waals surface area contributed by atoms with Crippen LogP contribution in [0.15, 0.2) is 28.7 Å². The molecule has 3 heteroatoms. The highest BCUT2D eigenvalue weighted by Gasteiger charge is 2.22. The third-order valence-corrected chi connectivity index (χ3v) is 4.00. The first kappa shape index (κ1) is 14.6. The van der Waals surface area contributed by atoms with Gasteiger partial charge in [-0.15, -0.1) is 0 Å². The van der Waals surface area contributed by atoms with E-state index >= 15 is 0 Å². The van der Waals surface area contributed by atoms with Crippen molar-refractivity contribution in [1.82, 2.24) is 5.32 Å². The van der Waals surface area contributed by atoms with Crippen LogP contribution >= 0.6 is 0 Å². The first-order chi connectivity index (χ1) is 10.2. The van der Waals surface area contributed by atoms with Crippen LogP contribution in [0.25, 0.3) is 11.0 Å². The maximum Gasteiger partial charge on any atom is 0.135 e. The molecule has 0 spiro atoms. The summed E-state index contributed by atoms with van der Waals surface area (Å²) in [5.74, 6) is 1.66. The van der Waals surface area contributed by atoms with Gasteiger partial charge in [-0.3, -0.25) is 0 Å². The van der Waals surface area contributed by atoms with Gasteiger partial charge >= 0.3 is 0 Å². The molecule has 0 radical (unpaired) electrons. The molecule has 3 rings (SSSR count). The molecule has 1 fully saturated rings. The Kier molecular flexibility index (Phi) is 4.61. The summed E-state index contributed by atoms with van der Waals surface area (Å²) in [6.07, 6.45) is 3.70. The predicted octanol–water partition coefficient (Wildman–Crippen LogP) is 4.25. The first-order valence-electron chi connectivity index (χ1n) is 8.04. The number of rotatable bonds is 8. The van der Waals surface area contributed by atoms with Crippen LogP contribution in [-0.4, -0.2) is 12.6 Å². The normalized spacial score (nSPS) is 15.2. The molecular weight excluding hydrogens is 262 g/mol. The summed E-state index contributed by atoms with van der Waals surface area (Å²) in [6, 6.07) is 8.97. The molecule has 114 valence electrons. The summed E-state index contributed by atoms with van der Waals surface area (Å²) < 4.78 is 11.8. The maximum atomic E-state index is 5.99. The molecule has 3 nitrogen and oxygen atoms in total. The number of hydrogen-bond acceptors (Lipinski definition) is 3. The zero-order chi connectivity index (χ0) is 14.7. The first-order valence-corrected chi connectivity index (χ1v) is 8.04. The summed E-state index contributed by atoms with van der Waals surface area (Å²) in [5.41, 5.74) is 2.23.